The molecule has 4 radical (unpaired) electrons. The van der Waals surface area contributed by atoms with Gasteiger partial charge in [0.15, 0.2) is 0 Å². The molecule has 2 aromatic rings. The van der Waals surface area contributed by atoms with Gasteiger partial charge >= 0.3 is 0 Å². The van der Waals surface area contributed by atoms with E-state index in [9.17, 15) is 8.42 Å². The summed E-state index contributed by atoms with van der Waals surface area (Å²) in [5.41, 5.74) is 2.47. The van der Waals surface area contributed by atoms with E-state index in [1.807, 2.05) is 13.0 Å². The molecule has 4 bridgehead atoms. The molecule has 1 N–H and O–H groups in total. The Morgan fingerprint density at radius 2 is 1.88 bits per heavy atom. The van der Waals surface area contributed by atoms with Crippen molar-refractivity contribution in [2.75, 3.05) is 24.4 Å². The van der Waals surface area contributed by atoms with Gasteiger partial charge in [0.25, 0.3) is 10.0 Å². The molecule has 1 saturated carbocycles. The van der Waals surface area contributed by atoms with Crippen LogP contribution in [0.15, 0.2) is 64.7 Å². The summed E-state index contributed by atoms with van der Waals surface area (Å²) in [5.74, 6) is 0.0640. The number of benzene rings is 1. The monoisotopic (exact) mass is 668 g/mol. The van der Waals surface area contributed by atoms with Crippen molar-refractivity contribution in [1.82, 2.24) is 14.9 Å². The molecule has 2 unspecified atom stereocenters. The highest BCUT2D eigenvalue weighted by molar-refractivity contribution is 7.92. The van der Waals surface area contributed by atoms with Crippen molar-refractivity contribution in [2.24, 2.45) is 22.7 Å². The number of piperidine rings is 1. The number of aromatic nitrogens is 2. The van der Waals surface area contributed by atoms with Crippen molar-refractivity contribution in [3.05, 3.63) is 71.1 Å². The Labute approximate surface area is 288 Å². The zero-order chi connectivity index (χ0) is 34.6. The number of sulfonamides is 1. The fourth-order valence-electron chi connectivity index (χ4n) is 8.53. The Balaban J connectivity index is 1.43. The van der Waals surface area contributed by atoms with E-state index in [0.717, 1.165) is 74.0 Å². The summed E-state index contributed by atoms with van der Waals surface area (Å²) in [6.07, 6.45) is 8.49. The molecular formula is C37H47B2FN4O3S. The minimum absolute atomic E-state index is 0.0608. The average Bonchev–Trinajstić information content (AvgIpc) is 2.98. The molecule has 4 aliphatic rings. The van der Waals surface area contributed by atoms with E-state index in [-0.39, 0.29) is 46.5 Å². The first-order valence-corrected chi connectivity index (χ1v) is 18.6. The van der Waals surface area contributed by atoms with E-state index < -0.39 is 20.9 Å². The van der Waals surface area contributed by atoms with Crippen LogP contribution in [0.2, 0.25) is 0 Å². The van der Waals surface area contributed by atoms with Crippen LogP contribution in [0, 0.1) is 22.7 Å². The van der Waals surface area contributed by atoms with Crippen molar-refractivity contribution in [3.8, 4) is 5.88 Å². The van der Waals surface area contributed by atoms with Gasteiger partial charge in [-0.15, -0.1) is 0 Å². The van der Waals surface area contributed by atoms with Crippen molar-refractivity contribution in [2.45, 2.75) is 95.8 Å². The smallest absolute Gasteiger partial charge is 0.264 e. The van der Waals surface area contributed by atoms with Gasteiger partial charge in [0.2, 0.25) is 11.8 Å². The second-order valence-corrected chi connectivity index (χ2v) is 17.2. The first-order valence-electron chi connectivity index (χ1n) is 17.2. The molecule has 7 nitrogen and oxygen atoms in total. The minimum Gasteiger partial charge on any atom is -0.477 e. The standard InChI is InChI=1S/C37H47B2FN4O3S/c1-23(2)44-15-13-36(14-16-44)20-27(21-36)33-26-11-8-12-29(17-26)48(45,46)43-34-41-30(32-24(3)9-7-10-25(32)4)18-31(42-34)47-22-28(33)19-35(5,6)37(38,39)40/h8-9,11-12,17-18,27-28,33H,1,7,10,13-16,19-22H2,2-6H3,(H,41,42,43). The van der Waals surface area contributed by atoms with E-state index in [2.05, 4.69) is 46.1 Å². The van der Waals surface area contributed by atoms with Crippen LogP contribution < -0.4 is 9.46 Å². The molecule has 3 heterocycles. The molecule has 48 heavy (non-hydrogen) atoms. The lowest BCUT2D eigenvalue weighted by atomic mass is 9.48. The van der Waals surface area contributed by atoms with Crippen LogP contribution in [-0.4, -0.2) is 64.1 Å². The largest absolute Gasteiger partial charge is 0.477 e. The number of ether oxygens (including phenoxy) is 1. The lowest BCUT2D eigenvalue weighted by molar-refractivity contribution is -0.0348. The number of fused-ring (bicyclic) bond motifs is 4. The van der Waals surface area contributed by atoms with Crippen LogP contribution in [-0.2, 0) is 10.0 Å². The molecule has 2 aliphatic heterocycles. The van der Waals surface area contributed by atoms with Crippen LogP contribution in [0.3, 0.4) is 0 Å². The average molecular weight is 668 g/mol. The highest BCUT2D eigenvalue weighted by Gasteiger charge is 2.51. The normalized spacial score (nSPS) is 24.4. The molecule has 1 aromatic carbocycles. The van der Waals surface area contributed by atoms with Crippen LogP contribution in [0.5, 0.6) is 5.88 Å². The van der Waals surface area contributed by atoms with Crippen LogP contribution in [0.25, 0.3) is 5.57 Å². The maximum absolute atomic E-state index is 15.4. The summed E-state index contributed by atoms with van der Waals surface area (Å²) in [6.45, 7) is 16.0. The van der Waals surface area contributed by atoms with Gasteiger partial charge in [-0.05, 0) is 112 Å². The maximum Gasteiger partial charge on any atom is 0.264 e. The predicted molar refractivity (Wildman–Crippen MR) is 191 cm³/mol. The zero-order valence-corrected chi connectivity index (χ0v) is 29.8. The number of rotatable bonds is 6. The highest BCUT2D eigenvalue weighted by Crippen LogP contribution is 2.59. The number of anilines is 1. The van der Waals surface area contributed by atoms with Crippen molar-refractivity contribution < 1.29 is 17.5 Å². The number of hydrogen-bond donors (Lipinski definition) is 1. The second-order valence-electron chi connectivity index (χ2n) is 15.5. The topological polar surface area (TPSA) is 84.4 Å². The molecule has 1 saturated heterocycles. The third-order valence-electron chi connectivity index (χ3n) is 11.6. The molecule has 2 fully saturated rings. The number of nitrogens with zero attached hydrogens (tertiary/aromatic N) is 3. The Morgan fingerprint density at radius 3 is 2.52 bits per heavy atom. The molecule has 6 rings (SSSR count). The van der Waals surface area contributed by atoms with Crippen LogP contribution in [0.1, 0.15) is 96.7 Å². The summed E-state index contributed by atoms with van der Waals surface area (Å²) < 4.78 is 52.3. The number of alkyl halides is 1. The van der Waals surface area contributed by atoms with Crippen molar-refractivity contribution in [3.63, 3.8) is 0 Å². The van der Waals surface area contributed by atoms with Gasteiger partial charge in [-0.1, -0.05) is 44.2 Å². The quantitative estimate of drug-likeness (QED) is 0.326. The number of hydrogen-bond acceptors (Lipinski definition) is 6. The Hall–Kier alpha value is -3.07. The van der Waals surface area contributed by atoms with Crippen LogP contribution >= 0.6 is 0 Å². The van der Waals surface area contributed by atoms with Gasteiger partial charge in [0, 0.05) is 41.8 Å². The molecule has 2 atom stereocenters. The molecule has 1 spiro atoms. The van der Waals surface area contributed by atoms with E-state index in [1.54, 1.807) is 38.1 Å². The SMILES string of the molecule is [B]C([B])(F)C(C)(C)CC1COc2cc(C3=C(C)CCC=C3C)nc(n2)NS(=O)(=O)c2cccc(c2)C1C1CC2(CCN(C(=C)C)CC2)C1. The summed E-state index contributed by atoms with van der Waals surface area (Å²) in [5, 5.41) is 0. The van der Waals surface area contributed by atoms with E-state index in [1.165, 1.54) is 5.57 Å². The molecule has 0 amide bonds. The molecular weight excluding hydrogens is 621 g/mol. The maximum atomic E-state index is 15.4. The van der Waals surface area contributed by atoms with Gasteiger partial charge in [-0.25, -0.2) is 18.1 Å². The van der Waals surface area contributed by atoms with Gasteiger partial charge in [-0.2, -0.15) is 4.98 Å². The second kappa shape index (κ2) is 12.7. The third-order valence-corrected chi connectivity index (χ3v) is 12.9. The number of halogens is 1. The van der Waals surface area contributed by atoms with Gasteiger partial charge in [-0.3, -0.25) is 4.39 Å². The highest BCUT2D eigenvalue weighted by atomic mass is 32.2. The minimum atomic E-state index is -4.05. The number of likely N-dealkylation sites (tertiary alicyclic amines) is 1. The predicted octanol–water partition coefficient (Wildman–Crippen LogP) is 7.29. The molecule has 2 aliphatic carbocycles. The van der Waals surface area contributed by atoms with Crippen LogP contribution in [0.4, 0.5) is 10.3 Å². The lowest BCUT2D eigenvalue weighted by Crippen LogP contribution is -2.50. The fourth-order valence-corrected chi connectivity index (χ4v) is 9.53. The lowest BCUT2D eigenvalue weighted by Gasteiger charge is -2.56. The van der Waals surface area contributed by atoms with Gasteiger partial charge in [0.05, 0.1) is 17.2 Å². The summed E-state index contributed by atoms with van der Waals surface area (Å²) >= 11 is 0. The first kappa shape index (κ1) is 34.8. The fraction of sp³-hybridized carbons (Fsp3) is 0.568. The third kappa shape index (κ3) is 6.86. The van der Waals surface area contributed by atoms with E-state index in [0.29, 0.717) is 12.1 Å². The van der Waals surface area contributed by atoms with E-state index >= 15 is 4.39 Å². The summed E-state index contributed by atoms with van der Waals surface area (Å²) in [4.78, 5) is 11.7. The Bertz CT molecular complexity index is 1750. The Morgan fingerprint density at radius 1 is 1.17 bits per heavy atom. The molecule has 252 valence electrons. The Kier molecular flexibility index (Phi) is 9.18. The molecule has 11 heteroatoms. The van der Waals surface area contributed by atoms with Gasteiger partial charge < -0.3 is 9.64 Å². The number of allylic oxidation sites excluding steroid dienone is 5. The summed E-state index contributed by atoms with van der Waals surface area (Å²) in [7, 11) is 7.82. The van der Waals surface area contributed by atoms with Crippen molar-refractivity contribution >= 4 is 37.2 Å². The zero-order valence-electron chi connectivity index (χ0n) is 29.0. The molecule has 1 aromatic heterocycles. The van der Waals surface area contributed by atoms with E-state index in [4.69, 9.17) is 20.4 Å². The van der Waals surface area contributed by atoms with Crippen molar-refractivity contribution in [1.29, 1.82) is 0 Å². The summed E-state index contributed by atoms with van der Waals surface area (Å²) in [6, 6.07) is 8.89. The van der Waals surface area contributed by atoms with Gasteiger partial charge in [0.1, 0.15) is 15.7 Å². The first-order chi connectivity index (χ1) is 22.5. The number of nitrogens with one attached hydrogen (secondary N) is 1.